The summed E-state index contributed by atoms with van der Waals surface area (Å²) in [7, 11) is 0. The van der Waals surface area contributed by atoms with Crippen molar-refractivity contribution < 1.29 is 9.53 Å². The second-order valence-corrected chi connectivity index (χ2v) is 4.10. The Morgan fingerprint density at radius 3 is 3.19 bits per heavy atom. The molecule has 0 saturated heterocycles. The van der Waals surface area contributed by atoms with Gasteiger partial charge in [-0.3, -0.25) is 0 Å². The number of fused-ring (bicyclic) bond motifs is 1. The summed E-state index contributed by atoms with van der Waals surface area (Å²) in [5.74, 6) is -0.482. The van der Waals surface area contributed by atoms with Gasteiger partial charge in [0.1, 0.15) is 6.07 Å². The summed E-state index contributed by atoms with van der Waals surface area (Å²) >= 11 is 1.46. The van der Waals surface area contributed by atoms with Gasteiger partial charge in [0.2, 0.25) is 0 Å². The highest BCUT2D eigenvalue weighted by Gasteiger charge is 2.12. The summed E-state index contributed by atoms with van der Waals surface area (Å²) in [6, 6.07) is 6.98. The van der Waals surface area contributed by atoms with Gasteiger partial charge >= 0.3 is 5.97 Å². The number of aromatic nitrogens is 1. The fraction of sp³-hybridized carbons (Fsp3) is 0.182. The number of ether oxygens (including phenoxy) is 1. The molecule has 0 aliphatic rings. The van der Waals surface area contributed by atoms with E-state index in [1.807, 2.05) is 6.07 Å². The van der Waals surface area contributed by atoms with Crippen LogP contribution in [0.3, 0.4) is 0 Å². The van der Waals surface area contributed by atoms with Gasteiger partial charge in [-0.2, -0.15) is 5.26 Å². The first-order chi connectivity index (χ1) is 7.70. The van der Waals surface area contributed by atoms with Crippen molar-refractivity contribution in [2.75, 3.05) is 0 Å². The Morgan fingerprint density at radius 2 is 2.44 bits per heavy atom. The van der Waals surface area contributed by atoms with E-state index in [1.165, 1.54) is 18.3 Å². The molecule has 0 N–H and O–H groups in total. The molecule has 0 fully saturated rings. The third kappa shape index (κ3) is 2.02. The Labute approximate surface area is 96.1 Å². The summed E-state index contributed by atoms with van der Waals surface area (Å²) in [5.41, 5.74) is 3.02. The van der Waals surface area contributed by atoms with E-state index >= 15 is 0 Å². The van der Waals surface area contributed by atoms with E-state index < -0.39 is 12.1 Å². The van der Waals surface area contributed by atoms with Crippen LogP contribution in [0.25, 0.3) is 10.2 Å². The molecule has 1 atom stereocenters. The maximum atomic E-state index is 11.6. The Morgan fingerprint density at radius 1 is 1.62 bits per heavy atom. The fourth-order valence-corrected chi connectivity index (χ4v) is 1.95. The first-order valence-corrected chi connectivity index (χ1v) is 5.52. The van der Waals surface area contributed by atoms with E-state index in [9.17, 15) is 4.79 Å². The maximum Gasteiger partial charge on any atom is 0.339 e. The lowest BCUT2D eigenvalue weighted by atomic mass is 10.2. The number of benzene rings is 1. The summed E-state index contributed by atoms with van der Waals surface area (Å²) in [6.07, 6.45) is -0.732. The number of rotatable bonds is 2. The molecule has 4 nitrogen and oxygen atoms in total. The standard InChI is InChI=1S/C11H8N2O2S/c1-7(5-12)15-11(14)8-2-3-9-10(4-8)16-6-13-9/h2-4,6-7H,1H3. The van der Waals surface area contributed by atoms with E-state index in [1.54, 1.807) is 23.7 Å². The summed E-state index contributed by atoms with van der Waals surface area (Å²) < 4.78 is 5.82. The number of hydrogen-bond acceptors (Lipinski definition) is 5. The van der Waals surface area contributed by atoms with Crippen molar-refractivity contribution in [1.29, 1.82) is 5.26 Å². The van der Waals surface area contributed by atoms with Gasteiger partial charge in [0.25, 0.3) is 0 Å². The average Bonchev–Trinajstić information content (AvgIpc) is 2.75. The molecule has 5 heteroatoms. The van der Waals surface area contributed by atoms with Crippen molar-refractivity contribution in [3.63, 3.8) is 0 Å². The number of esters is 1. The quantitative estimate of drug-likeness (QED) is 0.746. The second-order valence-electron chi connectivity index (χ2n) is 3.21. The topological polar surface area (TPSA) is 63.0 Å². The highest BCUT2D eigenvalue weighted by atomic mass is 32.1. The van der Waals surface area contributed by atoms with Crippen LogP contribution in [0.1, 0.15) is 17.3 Å². The van der Waals surface area contributed by atoms with Crippen molar-refractivity contribution in [2.24, 2.45) is 0 Å². The number of nitrogens with zero attached hydrogens (tertiary/aromatic N) is 2. The third-order valence-electron chi connectivity index (χ3n) is 2.03. The Balaban J connectivity index is 2.26. The molecule has 2 rings (SSSR count). The first-order valence-electron chi connectivity index (χ1n) is 4.64. The lowest BCUT2D eigenvalue weighted by Crippen LogP contribution is -2.12. The van der Waals surface area contributed by atoms with Gasteiger partial charge in [-0.1, -0.05) is 0 Å². The molecule has 1 aromatic carbocycles. The van der Waals surface area contributed by atoms with Gasteiger partial charge in [-0.15, -0.1) is 11.3 Å². The average molecular weight is 232 g/mol. The van der Waals surface area contributed by atoms with E-state index in [-0.39, 0.29) is 0 Å². The molecule has 0 aliphatic heterocycles. The maximum absolute atomic E-state index is 11.6. The molecule has 0 amide bonds. The van der Waals surface area contributed by atoms with Crippen LogP contribution in [-0.4, -0.2) is 17.1 Å². The van der Waals surface area contributed by atoms with Gasteiger partial charge in [0, 0.05) is 0 Å². The molecule has 0 spiro atoms. The highest BCUT2D eigenvalue weighted by Crippen LogP contribution is 2.19. The predicted octanol–water partition coefficient (Wildman–Crippen LogP) is 2.37. The van der Waals surface area contributed by atoms with Crippen LogP contribution in [0.4, 0.5) is 0 Å². The SMILES string of the molecule is CC(C#N)OC(=O)c1ccc2ncsc2c1. The smallest absolute Gasteiger partial charge is 0.339 e. The van der Waals surface area contributed by atoms with Crippen LogP contribution in [0, 0.1) is 11.3 Å². The second kappa shape index (κ2) is 4.29. The lowest BCUT2D eigenvalue weighted by Gasteiger charge is -2.05. The molecular weight excluding hydrogens is 224 g/mol. The van der Waals surface area contributed by atoms with Crippen molar-refractivity contribution in [3.05, 3.63) is 29.3 Å². The van der Waals surface area contributed by atoms with Crippen LogP contribution in [-0.2, 0) is 4.74 Å². The number of hydrogen-bond donors (Lipinski definition) is 0. The summed E-state index contributed by atoms with van der Waals surface area (Å²) in [4.78, 5) is 15.7. The van der Waals surface area contributed by atoms with E-state index in [2.05, 4.69) is 4.98 Å². The van der Waals surface area contributed by atoms with Crippen molar-refractivity contribution in [1.82, 2.24) is 4.98 Å². The van der Waals surface area contributed by atoms with E-state index in [0.717, 1.165) is 10.2 Å². The molecule has 2 aromatic rings. The summed E-state index contributed by atoms with van der Waals surface area (Å²) in [5, 5.41) is 8.53. The third-order valence-corrected chi connectivity index (χ3v) is 2.82. The Kier molecular flexibility index (Phi) is 2.84. The van der Waals surface area contributed by atoms with Crippen LogP contribution in [0.15, 0.2) is 23.7 Å². The van der Waals surface area contributed by atoms with Gasteiger partial charge in [0.05, 0.1) is 21.3 Å². The van der Waals surface area contributed by atoms with Gasteiger partial charge in [0.15, 0.2) is 6.10 Å². The van der Waals surface area contributed by atoms with Crippen molar-refractivity contribution in [3.8, 4) is 6.07 Å². The van der Waals surface area contributed by atoms with Crippen LogP contribution in [0.5, 0.6) is 0 Å². The van der Waals surface area contributed by atoms with Crippen LogP contribution in [0.2, 0.25) is 0 Å². The Hall–Kier alpha value is -1.93. The minimum Gasteiger partial charge on any atom is -0.444 e. The molecule has 0 aliphatic carbocycles. The highest BCUT2D eigenvalue weighted by molar-refractivity contribution is 7.16. The molecule has 0 bridgehead atoms. The van der Waals surface area contributed by atoms with Crippen molar-refractivity contribution in [2.45, 2.75) is 13.0 Å². The zero-order valence-electron chi connectivity index (χ0n) is 8.51. The number of thiazole rings is 1. The fourth-order valence-electron chi connectivity index (χ4n) is 1.24. The van der Waals surface area contributed by atoms with Crippen LogP contribution >= 0.6 is 11.3 Å². The van der Waals surface area contributed by atoms with Crippen LogP contribution < -0.4 is 0 Å². The predicted molar refractivity (Wildman–Crippen MR) is 60.1 cm³/mol. The summed E-state index contributed by atoms with van der Waals surface area (Å²) in [6.45, 7) is 1.53. The van der Waals surface area contributed by atoms with Crippen molar-refractivity contribution >= 4 is 27.5 Å². The molecule has 1 unspecified atom stereocenters. The van der Waals surface area contributed by atoms with E-state index in [4.69, 9.17) is 10.00 Å². The largest absolute Gasteiger partial charge is 0.444 e. The normalized spacial score (nSPS) is 12.0. The zero-order chi connectivity index (χ0) is 11.5. The first kappa shape index (κ1) is 10.6. The molecule has 80 valence electrons. The zero-order valence-corrected chi connectivity index (χ0v) is 9.32. The van der Waals surface area contributed by atoms with E-state index in [0.29, 0.717) is 5.56 Å². The van der Waals surface area contributed by atoms with Gasteiger partial charge in [-0.05, 0) is 25.1 Å². The molecule has 1 aromatic heterocycles. The molecule has 16 heavy (non-hydrogen) atoms. The minimum atomic E-state index is -0.732. The molecule has 1 heterocycles. The minimum absolute atomic E-state index is 0.443. The van der Waals surface area contributed by atoms with Gasteiger partial charge < -0.3 is 4.74 Å². The molecular formula is C11H8N2O2S. The molecule has 0 saturated carbocycles. The lowest BCUT2D eigenvalue weighted by molar-refractivity contribution is 0.0435. The van der Waals surface area contributed by atoms with Gasteiger partial charge in [-0.25, -0.2) is 9.78 Å². The Bertz CT molecular complexity index is 571. The number of carbonyl (C=O) groups is 1. The monoisotopic (exact) mass is 232 g/mol. The molecule has 0 radical (unpaired) electrons. The number of carbonyl (C=O) groups excluding carboxylic acids is 1. The number of nitriles is 1.